The molecule has 0 saturated carbocycles. The van der Waals surface area contributed by atoms with E-state index in [1.807, 2.05) is 25.5 Å². The molecule has 0 radical (unpaired) electrons. The molecule has 2 rings (SSSR count). The summed E-state index contributed by atoms with van der Waals surface area (Å²) >= 11 is 0. The van der Waals surface area contributed by atoms with Crippen LogP contribution in [0.15, 0.2) is 18.7 Å². The van der Waals surface area contributed by atoms with Crippen molar-refractivity contribution >= 4 is 5.78 Å². The third-order valence-corrected chi connectivity index (χ3v) is 2.72. The van der Waals surface area contributed by atoms with Crippen molar-refractivity contribution in [2.75, 3.05) is 0 Å². The van der Waals surface area contributed by atoms with Crippen LogP contribution in [0.5, 0.6) is 0 Å². The maximum absolute atomic E-state index is 11.5. The molecule has 0 atom stereocenters. The first-order chi connectivity index (χ1) is 8.61. The second-order valence-electron chi connectivity index (χ2n) is 4.42. The highest BCUT2D eigenvalue weighted by Crippen LogP contribution is 2.08. The topological polar surface area (TPSA) is 65.6 Å². The molecular formula is C12H17N5O. The lowest BCUT2D eigenvalue weighted by Gasteiger charge is -2.08. The largest absolute Gasteiger partial charge is 0.294 e. The van der Waals surface area contributed by atoms with Gasteiger partial charge in [-0.1, -0.05) is 6.92 Å². The highest BCUT2D eigenvalue weighted by Gasteiger charge is 2.10. The van der Waals surface area contributed by atoms with Gasteiger partial charge >= 0.3 is 0 Å². The van der Waals surface area contributed by atoms with E-state index in [0.717, 1.165) is 5.82 Å². The maximum atomic E-state index is 11.5. The Morgan fingerprint density at radius 3 is 2.83 bits per heavy atom. The number of hydrogen-bond acceptors (Lipinski definition) is 4. The van der Waals surface area contributed by atoms with Crippen molar-refractivity contribution in [2.45, 2.75) is 39.8 Å². The van der Waals surface area contributed by atoms with Gasteiger partial charge in [-0.25, -0.2) is 9.67 Å². The molecule has 0 aliphatic heterocycles. The predicted molar refractivity (Wildman–Crippen MR) is 66.4 cm³/mol. The number of rotatable bonds is 5. The zero-order chi connectivity index (χ0) is 13.1. The molecular weight excluding hydrogens is 230 g/mol. The van der Waals surface area contributed by atoms with Crippen LogP contribution in [0.2, 0.25) is 0 Å². The standard InChI is InChI=1S/C12H17N5O/c1-4-11(18)10-5-14-16(6-10)7-12-13-8-15-17(12)9(2)3/h5-6,8-9H,4,7H2,1-3H3. The Balaban J connectivity index is 2.16. The lowest BCUT2D eigenvalue weighted by Crippen LogP contribution is -2.12. The summed E-state index contributed by atoms with van der Waals surface area (Å²) < 4.78 is 3.56. The molecule has 0 amide bonds. The summed E-state index contributed by atoms with van der Waals surface area (Å²) in [6.45, 7) is 6.46. The van der Waals surface area contributed by atoms with E-state index in [0.29, 0.717) is 18.5 Å². The first-order valence-corrected chi connectivity index (χ1v) is 6.05. The van der Waals surface area contributed by atoms with Gasteiger partial charge in [0.25, 0.3) is 0 Å². The molecule has 0 N–H and O–H groups in total. The monoisotopic (exact) mass is 247 g/mol. The molecule has 0 unspecified atom stereocenters. The number of carbonyl (C=O) groups excluding carboxylic acids is 1. The van der Waals surface area contributed by atoms with Crippen molar-refractivity contribution in [1.29, 1.82) is 0 Å². The van der Waals surface area contributed by atoms with Gasteiger partial charge in [-0.05, 0) is 13.8 Å². The van der Waals surface area contributed by atoms with E-state index in [1.165, 1.54) is 6.33 Å². The number of aromatic nitrogens is 5. The third kappa shape index (κ3) is 2.47. The molecule has 2 heterocycles. The average Bonchev–Trinajstić information content (AvgIpc) is 2.97. The normalized spacial score (nSPS) is 11.1. The Labute approximate surface area is 106 Å². The van der Waals surface area contributed by atoms with Gasteiger partial charge in [0, 0.05) is 18.7 Å². The Hall–Kier alpha value is -1.98. The molecule has 0 bridgehead atoms. The van der Waals surface area contributed by atoms with Crippen LogP contribution in [-0.4, -0.2) is 30.3 Å². The summed E-state index contributed by atoms with van der Waals surface area (Å²) in [5.74, 6) is 0.940. The smallest absolute Gasteiger partial charge is 0.165 e. The van der Waals surface area contributed by atoms with E-state index in [4.69, 9.17) is 0 Å². The van der Waals surface area contributed by atoms with Gasteiger partial charge in [0.2, 0.25) is 0 Å². The summed E-state index contributed by atoms with van der Waals surface area (Å²) in [7, 11) is 0. The fourth-order valence-corrected chi connectivity index (χ4v) is 1.76. The van der Waals surface area contributed by atoms with Gasteiger partial charge in [0.05, 0.1) is 11.8 Å². The van der Waals surface area contributed by atoms with Crippen molar-refractivity contribution in [3.63, 3.8) is 0 Å². The molecule has 0 fully saturated rings. The Morgan fingerprint density at radius 2 is 2.17 bits per heavy atom. The fraction of sp³-hybridized carbons (Fsp3) is 0.500. The second-order valence-corrected chi connectivity index (χ2v) is 4.42. The van der Waals surface area contributed by atoms with Crippen LogP contribution in [-0.2, 0) is 6.54 Å². The maximum Gasteiger partial charge on any atom is 0.165 e. The van der Waals surface area contributed by atoms with E-state index in [9.17, 15) is 4.79 Å². The molecule has 0 aliphatic rings. The second kappa shape index (κ2) is 5.12. The van der Waals surface area contributed by atoms with Crippen molar-refractivity contribution in [2.24, 2.45) is 0 Å². The zero-order valence-electron chi connectivity index (χ0n) is 10.9. The van der Waals surface area contributed by atoms with Gasteiger partial charge < -0.3 is 0 Å². The highest BCUT2D eigenvalue weighted by molar-refractivity contribution is 5.95. The summed E-state index contributed by atoms with van der Waals surface area (Å²) in [4.78, 5) is 15.7. The van der Waals surface area contributed by atoms with Crippen LogP contribution in [0.1, 0.15) is 49.4 Å². The fourth-order valence-electron chi connectivity index (χ4n) is 1.76. The summed E-state index contributed by atoms with van der Waals surface area (Å²) in [6, 6.07) is 0.259. The van der Waals surface area contributed by atoms with Crippen LogP contribution in [0, 0.1) is 0 Å². The van der Waals surface area contributed by atoms with Crippen LogP contribution < -0.4 is 0 Å². The Bertz CT molecular complexity index is 540. The van der Waals surface area contributed by atoms with Gasteiger partial charge in [0.15, 0.2) is 5.78 Å². The molecule has 0 saturated heterocycles. The number of nitrogens with zero attached hydrogens (tertiary/aromatic N) is 5. The summed E-state index contributed by atoms with van der Waals surface area (Å²) in [5, 5.41) is 8.34. The molecule has 18 heavy (non-hydrogen) atoms. The van der Waals surface area contributed by atoms with E-state index < -0.39 is 0 Å². The molecule has 6 heteroatoms. The molecule has 6 nitrogen and oxygen atoms in total. The lowest BCUT2D eigenvalue weighted by molar-refractivity contribution is 0.0988. The number of ketones is 1. The quantitative estimate of drug-likeness (QED) is 0.754. The van der Waals surface area contributed by atoms with Crippen LogP contribution in [0.25, 0.3) is 0 Å². The predicted octanol–water partition coefficient (Wildman–Crippen LogP) is 1.70. The Kier molecular flexibility index (Phi) is 3.55. The molecule has 96 valence electrons. The highest BCUT2D eigenvalue weighted by atomic mass is 16.1. The minimum Gasteiger partial charge on any atom is -0.294 e. The molecule has 0 spiro atoms. The summed E-state index contributed by atoms with van der Waals surface area (Å²) in [6.07, 6.45) is 5.39. The molecule has 2 aromatic heterocycles. The van der Waals surface area contributed by atoms with Crippen LogP contribution in [0.3, 0.4) is 0 Å². The third-order valence-electron chi connectivity index (χ3n) is 2.72. The molecule has 0 aliphatic carbocycles. The molecule has 0 aromatic carbocycles. The van der Waals surface area contributed by atoms with E-state index in [-0.39, 0.29) is 11.8 Å². The first-order valence-electron chi connectivity index (χ1n) is 6.05. The SMILES string of the molecule is CCC(=O)c1cnn(Cc2ncnn2C(C)C)c1. The van der Waals surface area contributed by atoms with Crippen molar-refractivity contribution < 1.29 is 4.79 Å². The van der Waals surface area contributed by atoms with Crippen molar-refractivity contribution in [3.8, 4) is 0 Å². The van der Waals surface area contributed by atoms with Gasteiger partial charge in [-0.15, -0.1) is 0 Å². The number of hydrogen-bond donors (Lipinski definition) is 0. The average molecular weight is 247 g/mol. The van der Waals surface area contributed by atoms with E-state index >= 15 is 0 Å². The van der Waals surface area contributed by atoms with Crippen LogP contribution >= 0.6 is 0 Å². The Morgan fingerprint density at radius 1 is 1.39 bits per heavy atom. The number of carbonyl (C=O) groups is 1. The lowest BCUT2D eigenvalue weighted by atomic mass is 10.2. The zero-order valence-corrected chi connectivity index (χ0v) is 10.9. The van der Waals surface area contributed by atoms with E-state index in [2.05, 4.69) is 15.2 Å². The number of Topliss-reactive ketones (excluding diaryl/α,β-unsaturated/α-hetero) is 1. The van der Waals surface area contributed by atoms with Gasteiger partial charge in [-0.3, -0.25) is 9.48 Å². The van der Waals surface area contributed by atoms with Crippen molar-refractivity contribution in [1.82, 2.24) is 24.5 Å². The summed E-state index contributed by atoms with van der Waals surface area (Å²) in [5.41, 5.74) is 0.646. The van der Waals surface area contributed by atoms with Gasteiger partial charge in [-0.2, -0.15) is 10.2 Å². The minimum atomic E-state index is 0.103. The van der Waals surface area contributed by atoms with Gasteiger partial charge in [0.1, 0.15) is 18.7 Å². The van der Waals surface area contributed by atoms with E-state index in [1.54, 1.807) is 17.1 Å². The van der Waals surface area contributed by atoms with Crippen molar-refractivity contribution in [3.05, 3.63) is 30.1 Å². The molecule has 2 aromatic rings. The first kappa shape index (κ1) is 12.5. The minimum absolute atomic E-state index is 0.103. The van der Waals surface area contributed by atoms with Crippen LogP contribution in [0.4, 0.5) is 0 Å².